The predicted molar refractivity (Wildman–Crippen MR) is 50.5 cm³/mol. The van der Waals surface area contributed by atoms with Gasteiger partial charge in [-0.15, -0.1) is 0 Å². The molecule has 4 nitrogen and oxygen atoms in total. The van der Waals surface area contributed by atoms with Gasteiger partial charge in [0.15, 0.2) is 0 Å². The monoisotopic (exact) mass is 198 g/mol. The standard InChI is InChI=1S/C9H11FN2O2/c1-6(5-11)8-3-2-7(12(13)14)4-9(8)10/h2-4,6H,5,11H2,1H3. The largest absolute Gasteiger partial charge is 0.330 e. The Morgan fingerprint density at radius 3 is 2.71 bits per heavy atom. The zero-order chi connectivity index (χ0) is 10.7. The molecule has 1 aromatic carbocycles. The minimum absolute atomic E-state index is 0.129. The highest BCUT2D eigenvalue weighted by molar-refractivity contribution is 5.35. The van der Waals surface area contributed by atoms with E-state index in [0.29, 0.717) is 12.1 Å². The fourth-order valence-electron chi connectivity index (χ4n) is 1.16. The highest BCUT2D eigenvalue weighted by Gasteiger charge is 2.13. The Morgan fingerprint density at radius 1 is 1.64 bits per heavy atom. The lowest BCUT2D eigenvalue weighted by atomic mass is 10.0. The first-order valence-corrected chi connectivity index (χ1v) is 4.20. The maximum absolute atomic E-state index is 13.3. The molecule has 1 unspecified atom stereocenters. The summed E-state index contributed by atoms with van der Waals surface area (Å²) in [6.07, 6.45) is 0. The van der Waals surface area contributed by atoms with E-state index in [0.717, 1.165) is 6.07 Å². The Hall–Kier alpha value is -1.49. The first kappa shape index (κ1) is 10.6. The van der Waals surface area contributed by atoms with Crippen LogP contribution in [0.3, 0.4) is 0 Å². The molecule has 0 spiro atoms. The summed E-state index contributed by atoms with van der Waals surface area (Å²) in [6, 6.07) is 3.61. The molecule has 0 aromatic heterocycles. The molecular weight excluding hydrogens is 187 g/mol. The van der Waals surface area contributed by atoms with Crippen molar-refractivity contribution in [3.8, 4) is 0 Å². The van der Waals surface area contributed by atoms with Crippen LogP contribution in [0.1, 0.15) is 18.4 Å². The average Bonchev–Trinajstić information content (AvgIpc) is 2.16. The van der Waals surface area contributed by atoms with E-state index in [9.17, 15) is 14.5 Å². The van der Waals surface area contributed by atoms with Crippen LogP contribution in [0.4, 0.5) is 10.1 Å². The molecule has 0 saturated heterocycles. The lowest BCUT2D eigenvalue weighted by molar-refractivity contribution is -0.385. The minimum Gasteiger partial charge on any atom is -0.330 e. The van der Waals surface area contributed by atoms with Crippen LogP contribution in [0.5, 0.6) is 0 Å². The number of hydrogen-bond donors (Lipinski definition) is 1. The van der Waals surface area contributed by atoms with Gasteiger partial charge in [-0.2, -0.15) is 0 Å². The summed E-state index contributed by atoms with van der Waals surface area (Å²) >= 11 is 0. The molecule has 1 atom stereocenters. The number of nitro benzene ring substituents is 1. The van der Waals surface area contributed by atoms with E-state index >= 15 is 0 Å². The van der Waals surface area contributed by atoms with Crippen molar-refractivity contribution in [3.05, 3.63) is 39.7 Å². The molecule has 0 aliphatic carbocycles. The van der Waals surface area contributed by atoms with Gasteiger partial charge in [0, 0.05) is 6.07 Å². The van der Waals surface area contributed by atoms with Gasteiger partial charge in [-0.05, 0) is 24.1 Å². The molecule has 76 valence electrons. The van der Waals surface area contributed by atoms with E-state index in [1.54, 1.807) is 6.92 Å². The third-order valence-electron chi connectivity index (χ3n) is 2.08. The van der Waals surface area contributed by atoms with Crippen molar-refractivity contribution < 1.29 is 9.31 Å². The first-order chi connectivity index (χ1) is 6.56. The summed E-state index contributed by atoms with van der Waals surface area (Å²) in [6.45, 7) is 2.08. The molecule has 14 heavy (non-hydrogen) atoms. The number of non-ortho nitro benzene ring substituents is 1. The highest BCUT2D eigenvalue weighted by atomic mass is 19.1. The van der Waals surface area contributed by atoms with Gasteiger partial charge >= 0.3 is 0 Å². The fraction of sp³-hybridized carbons (Fsp3) is 0.333. The van der Waals surface area contributed by atoms with Crippen LogP contribution < -0.4 is 5.73 Å². The molecule has 0 aliphatic heterocycles. The minimum atomic E-state index is -0.625. The quantitative estimate of drug-likeness (QED) is 0.594. The van der Waals surface area contributed by atoms with Gasteiger partial charge in [-0.25, -0.2) is 4.39 Å². The molecule has 5 heteroatoms. The van der Waals surface area contributed by atoms with Gasteiger partial charge in [0.2, 0.25) is 0 Å². The van der Waals surface area contributed by atoms with Gasteiger partial charge in [0.05, 0.1) is 11.0 Å². The van der Waals surface area contributed by atoms with Gasteiger partial charge in [0.25, 0.3) is 5.69 Å². The highest BCUT2D eigenvalue weighted by Crippen LogP contribution is 2.22. The maximum Gasteiger partial charge on any atom is 0.272 e. The zero-order valence-electron chi connectivity index (χ0n) is 7.74. The second-order valence-electron chi connectivity index (χ2n) is 3.10. The Morgan fingerprint density at radius 2 is 2.29 bits per heavy atom. The Kier molecular flexibility index (Phi) is 3.14. The smallest absolute Gasteiger partial charge is 0.272 e. The lowest BCUT2D eigenvalue weighted by Crippen LogP contribution is -2.10. The van der Waals surface area contributed by atoms with Crippen molar-refractivity contribution in [2.45, 2.75) is 12.8 Å². The summed E-state index contributed by atoms with van der Waals surface area (Å²) in [5.41, 5.74) is 5.54. The van der Waals surface area contributed by atoms with Crippen LogP contribution in [0.25, 0.3) is 0 Å². The Labute approximate surface area is 80.7 Å². The normalized spacial score (nSPS) is 12.5. The molecule has 0 aliphatic rings. The Balaban J connectivity index is 3.07. The molecular formula is C9H11FN2O2. The van der Waals surface area contributed by atoms with Crippen LogP contribution in [0, 0.1) is 15.9 Å². The summed E-state index contributed by atoms with van der Waals surface area (Å²) in [5.74, 6) is -0.701. The van der Waals surface area contributed by atoms with E-state index in [1.807, 2.05) is 0 Å². The average molecular weight is 198 g/mol. The van der Waals surface area contributed by atoms with Crippen LogP contribution in [0.2, 0.25) is 0 Å². The van der Waals surface area contributed by atoms with E-state index in [-0.39, 0.29) is 11.6 Å². The lowest BCUT2D eigenvalue weighted by Gasteiger charge is -2.09. The molecule has 0 heterocycles. The first-order valence-electron chi connectivity index (χ1n) is 4.20. The number of rotatable bonds is 3. The SMILES string of the molecule is CC(CN)c1ccc([N+](=O)[O-])cc1F. The molecule has 0 fully saturated rings. The van der Waals surface area contributed by atoms with E-state index in [4.69, 9.17) is 5.73 Å². The summed E-state index contributed by atoms with van der Waals surface area (Å²) in [5, 5.41) is 10.3. The second-order valence-corrected chi connectivity index (χ2v) is 3.10. The van der Waals surface area contributed by atoms with Crippen molar-refractivity contribution in [1.29, 1.82) is 0 Å². The zero-order valence-corrected chi connectivity index (χ0v) is 7.74. The summed E-state index contributed by atoms with van der Waals surface area (Å²) in [7, 11) is 0. The summed E-state index contributed by atoms with van der Waals surface area (Å²) < 4.78 is 13.3. The molecule has 0 radical (unpaired) electrons. The third kappa shape index (κ3) is 2.05. The van der Waals surface area contributed by atoms with E-state index < -0.39 is 10.7 Å². The van der Waals surface area contributed by atoms with Gasteiger partial charge < -0.3 is 5.73 Å². The molecule has 2 N–H and O–H groups in total. The molecule has 1 rings (SSSR count). The van der Waals surface area contributed by atoms with Gasteiger partial charge in [-0.1, -0.05) is 6.92 Å². The molecule has 0 amide bonds. The number of benzene rings is 1. The van der Waals surface area contributed by atoms with Crippen LogP contribution in [-0.4, -0.2) is 11.5 Å². The Bertz CT molecular complexity index is 355. The number of halogens is 1. The van der Waals surface area contributed by atoms with Crippen LogP contribution in [-0.2, 0) is 0 Å². The van der Waals surface area contributed by atoms with E-state index in [2.05, 4.69) is 0 Å². The number of nitro groups is 1. The molecule has 0 saturated carbocycles. The van der Waals surface area contributed by atoms with Crippen molar-refractivity contribution in [1.82, 2.24) is 0 Å². The third-order valence-corrected chi connectivity index (χ3v) is 2.08. The van der Waals surface area contributed by atoms with Crippen LogP contribution >= 0.6 is 0 Å². The molecule has 1 aromatic rings. The van der Waals surface area contributed by atoms with Gasteiger partial charge in [0.1, 0.15) is 5.82 Å². The van der Waals surface area contributed by atoms with Crippen molar-refractivity contribution >= 4 is 5.69 Å². The van der Waals surface area contributed by atoms with Crippen LogP contribution in [0.15, 0.2) is 18.2 Å². The van der Waals surface area contributed by atoms with Crippen molar-refractivity contribution in [2.24, 2.45) is 5.73 Å². The van der Waals surface area contributed by atoms with E-state index in [1.165, 1.54) is 12.1 Å². The van der Waals surface area contributed by atoms with Gasteiger partial charge in [-0.3, -0.25) is 10.1 Å². The topological polar surface area (TPSA) is 69.2 Å². The number of nitrogens with two attached hydrogens (primary N) is 1. The number of hydrogen-bond acceptors (Lipinski definition) is 3. The van der Waals surface area contributed by atoms with Crippen molar-refractivity contribution in [3.63, 3.8) is 0 Å². The maximum atomic E-state index is 13.3. The molecule has 0 bridgehead atoms. The fourth-order valence-corrected chi connectivity index (χ4v) is 1.16. The second kappa shape index (κ2) is 4.15. The predicted octanol–water partition coefficient (Wildman–Crippen LogP) is 1.80. The summed E-state index contributed by atoms with van der Waals surface area (Å²) in [4.78, 5) is 9.69. The van der Waals surface area contributed by atoms with Crippen molar-refractivity contribution in [2.75, 3.05) is 6.54 Å². The number of nitrogens with zero attached hydrogens (tertiary/aromatic N) is 1.